The van der Waals surface area contributed by atoms with E-state index in [2.05, 4.69) is 31.2 Å². The van der Waals surface area contributed by atoms with Crippen LogP contribution in [-0.2, 0) is 6.54 Å². The van der Waals surface area contributed by atoms with Crippen LogP contribution in [0.2, 0.25) is 0 Å². The van der Waals surface area contributed by atoms with Crippen molar-refractivity contribution in [3.05, 3.63) is 53.2 Å². The summed E-state index contributed by atoms with van der Waals surface area (Å²) < 4.78 is 7.93. The number of fused-ring (bicyclic) bond motifs is 1. The first-order valence-corrected chi connectivity index (χ1v) is 6.91. The Morgan fingerprint density at radius 3 is 2.75 bits per heavy atom. The van der Waals surface area contributed by atoms with E-state index in [0.29, 0.717) is 6.54 Å². The average Bonchev–Trinajstić information content (AvgIpc) is 2.88. The number of nitrogens with zero attached hydrogens (tertiary/aromatic N) is 3. The van der Waals surface area contributed by atoms with Gasteiger partial charge in [0.1, 0.15) is 10.4 Å². The van der Waals surface area contributed by atoms with E-state index < -0.39 is 0 Å². The van der Waals surface area contributed by atoms with Crippen LogP contribution in [0.25, 0.3) is 5.65 Å². The second-order valence-corrected chi connectivity index (χ2v) is 5.08. The van der Waals surface area contributed by atoms with E-state index in [1.807, 2.05) is 41.1 Å². The first-order chi connectivity index (χ1) is 9.76. The van der Waals surface area contributed by atoms with E-state index in [1.165, 1.54) is 0 Å². The summed E-state index contributed by atoms with van der Waals surface area (Å²) in [6.07, 6.45) is 5.49. The molecule has 0 aliphatic heterocycles. The zero-order chi connectivity index (χ0) is 13.9. The van der Waals surface area contributed by atoms with Crippen molar-refractivity contribution >= 4 is 27.3 Å². The molecule has 20 heavy (non-hydrogen) atoms. The number of hydrogen-bond acceptors (Lipinski definition) is 4. The largest absolute Gasteiger partial charge is 0.497 e. The summed E-state index contributed by atoms with van der Waals surface area (Å²) in [6.45, 7) is 0.684. The van der Waals surface area contributed by atoms with E-state index in [0.717, 1.165) is 27.4 Å². The maximum atomic E-state index is 5.14. The summed E-state index contributed by atoms with van der Waals surface area (Å²) in [5, 5.41) is 3.36. The number of benzene rings is 1. The zero-order valence-corrected chi connectivity index (χ0v) is 12.5. The minimum Gasteiger partial charge on any atom is -0.497 e. The van der Waals surface area contributed by atoms with Crippen LogP contribution in [0, 0.1) is 0 Å². The molecular formula is C14H13BrN4O. The number of ether oxygens (including phenoxy) is 1. The highest BCUT2D eigenvalue weighted by molar-refractivity contribution is 9.10. The lowest BCUT2D eigenvalue weighted by Crippen LogP contribution is -2.02. The van der Waals surface area contributed by atoms with Crippen molar-refractivity contribution in [2.24, 2.45) is 0 Å². The molecule has 0 aliphatic rings. The van der Waals surface area contributed by atoms with Gasteiger partial charge in [-0.2, -0.15) is 0 Å². The molecule has 0 fully saturated rings. The van der Waals surface area contributed by atoms with Crippen LogP contribution in [0.4, 0.5) is 5.69 Å². The summed E-state index contributed by atoms with van der Waals surface area (Å²) in [6, 6.07) is 7.83. The Morgan fingerprint density at radius 1 is 1.20 bits per heavy atom. The minimum atomic E-state index is 0.684. The highest BCUT2D eigenvalue weighted by Crippen LogP contribution is 2.16. The van der Waals surface area contributed by atoms with E-state index >= 15 is 0 Å². The third-order valence-electron chi connectivity index (χ3n) is 3.00. The summed E-state index contributed by atoms with van der Waals surface area (Å²) in [4.78, 5) is 8.48. The van der Waals surface area contributed by atoms with Crippen LogP contribution in [0.1, 0.15) is 5.69 Å². The molecule has 2 heterocycles. The van der Waals surface area contributed by atoms with Gasteiger partial charge in [0, 0.05) is 11.9 Å². The Labute approximate surface area is 124 Å². The van der Waals surface area contributed by atoms with Crippen molar-refractivity contribution in [2.75, 3.05) is 12.4 Å². The first-order valence-electron chi connectivity index (χ1n) is 6.11. The van der Waals surface area contributed by atoms with E-state index in [1.54, 1.807) is 13.3 Å². The third-order valence-corrected chi connectivity index (χ3v) is 3.41. The number of halogens is 1. The highest BCUT2D eigenvalue weighted by atomic mass is 79.9. The van der Waals surface area contributed by atoms with Gasteiger partial charge in [-0.25, -0.2) is 9.97 Å². The van der Waals surface area contributed by atoms with Gasteiger partial charge in [-0.05, 0) is 40.2 Å². The number of anilines is 1. The summed E-state index contributed by atoms with van der Waals surface area (Å²) in [5.74, 6) is 0.848. The molecule has 5 nitrogen and oxygen atoms in total. The van der Waals surface area contributed by atoms with Crippen molar-refractivity contribution in [3.63, 3.8) is 0 Å². The first kappa shape index (κ1) is 12.9. The highest BCUT2D eigenvalue weighted by Gasteiger charge is 2.04. The normalized spacial score (nSPS) is 10.7. The van der Waals surface area contributed by atoms with Crippen LogP contribution in [-0.4, -0.2) is 21.5 Å². The van der Waals surface area contributed by atoms with E-state index in [4.69, 9.17) is 4.74 Å². The average molecular weight is 333 g/mol. The zero-order valence-electron chi connectivity index (χ0n) is 10.9. The molecule has 0 spiro atoms. The predicted molar refractivity (Wildman–Crippen MR) is 81.0 cm³/mol. The fraction of sp³-hybridized carbons (Fsp3) is 0.143. The van der Waals surface area contributed by atoms with E-state index in [9.17, 15) is 0 Å². The second kappa shape index (κ2) is 5.50. The molecule has 0 atom stereocenters. The van der Waals surface area contributed by atoms with Crippen molar-refractivity contribution in [1.29, 1.82) is 0 Å². The summed E-state index contributed by atoms with van der Waals surface area (Å²) >= 11 is 3.37. The van der Waals surface area contributed by atoms with Crippen molar-refractivity contribution in [2.45, 2.75) is 6.54 Å². The van der Waals surface area contributed by atoms with Crippen molar-refractivity contribution < 1.29 is 4.74 Å². The number of nitrogens with one attached hydrogen (secondary N) is 1. The number of rotatable bonds is 4. The van der Waals surface area contributed by atoms with Gasteiger partial charge < -0.3 is 10.1 Å². The lowest BCUT2D eigenvalue weighted by atomic mass is 10.3. The molecule has 0 radical (unpaired) electrons. The third kappa shape index (κ3) is 2.60. The lowest BCUT2D eigenvalue weighted by Gasteiger charge is -2.07. The van der Waals surface area contributed by atoms with Gasteiger partial charge in [-0.15, -0.1) is 0 Å². The monoisotopic (exact) mass is 332 g/mol. The molecule has 0 aliphatic carbocycles. The Hall–Kier alpha value is -2.08. The smallest absolute Gasteiger partial charge is 0.155 e. The number of methoxy groups -OCH3 is 1. The molecule has 1 N–H and O–H groups in total. The Bertz CT molecular complexity index is 724. The molecule has 0 bridgehead atoms. The van der Waals surface area contributed by atoms with Crippen LogP contribution >= 0.6 is 15.9 Å². The summed E-state index contributed by atoms with van der Waals surface area (Å²) in [5.41, 5.74) is 2.94. The molecule has 0 saturated carbocycles. The fourth-order valence-electron chi connectivity index (χ4n) is 1.95. The topological polar surface area (TPSA) is 51.5 Å². The standard InChI is InChI=1S/C14H13BrN4O/c1-20-12-4-2-10(3-5-12)16-6-11-7-18-14-8-17-13(15)9-19(11)14/h2-5,7-9,16H,6H2,1H3. The van der Waals surface area contributed by atoms with Crippen LogP contribution in [0.5, 0.6) is 5.75 Å². The van der Waals surface area contributed by atoms with Gasteiger partial charge in [0.15, 0.2) is 5.65 Å². The summed E-state index contributed by atoms with van der Waals surface area (Å²) in [7, 11) is 1.66. The molecule has 3 aromatic rings. The van der Waals surface area contributed by atoms with E-state index in [-0.39, 0.29) is 0 Å². The Balaban J connectivity index is 1.77. The molecule has 2 aromatic heterocycles. The predicted octanol–water partition coefficient (Wildman–Crippen LogP) is 3.11. The fourth-order valence-corrected chi connectivity index (χ4v) is 2.26. The van der Waals surface area contributed by atoms with Crippen LogP contribution in [0.3, 0.4) is 0 Å². The molecule has 0 unspecified atom stereocenters. The maximum absolute atomic E-state index is 5.14. The van der Waals surface area contributed by atoms with Crippen LogP contribution < -0.4 is 10.1 Å². The molecule has 6 heteroatoms. The number of aromatic nitrogens is 3. The quantitative estimate of drug-likeness (QED) is 0.797. The minimum absolute atomic E-state index is 0.684. The second-order valence-electron chi connectivity index (χ2n) is 4.27. The van der Waals surface area contributed by atoms with Gasteiger partial charge in [0.2, 0.25) is 0 Å². The van der Waals surface area contributed by atoms with Gasteiger partial charge in [-0.3, -0.25) is 4.40 Å². The molecule has 102 valence electrons. The molecule has 0 amide bonds. The van der Waals surface area contributed by atoms with Gasteiger partial charge in [0.25, 0.3) is 0 Å². The van der Waals surface area contributed by atoms with Crippen molar-refractivity contribution in [1.82, 2.24) is 14.4 Å². The molecular weight excluding hydrogens is 320 g/mol. The van der Waals surface area contributed by atoms with Gasteiger partial charge in [0.05, 0.1) is 31.7 Å². The molecule has 3 rings (SSSR count). The number of imidazole rings is 1. The molecule has 0 saturated heterocycles. The van der Waals surface area contributed by atoms with Crippen LogP contribution in [0.15, 0.2) is 47.5 Å². The Morgan fingerprint density at radius 2 is 2.00 bits per heavy atom. The van der Waals surface area contributed by atoms with Gasteiger partial charge in [-0.1, -0.05) is 0 Å². The SMILES string of the molecule is COc1ccc(NCc2cnc3cnc(Br)cn23)cc1. The Kier molecular flexibility index (Phi) is 3.56. The number of hydrogen-bond donors (Lipinski definition) is 1. The lowest BCUT2D eigenvalue weighted by molar-refractivity contribution is 0.415. The molecule has 1 aromatic carbocycles. The maximum Gasteiger partial charge on any atom is 0.155 e. The van der Waals surface area contributed by atoms with Gasteiger partial charge >= 0.3 is 0 Å². The van der Waals surface area contributed by atoms with Crippen molar-refractivity contribution in [3.8, 4) is 5.75 Å².